The van der Waals surface area contributed by atoms with Crippen molar-refractivity contribution in [2.24, 2.45) is 0 Å². The standard InChI is InChI=1S/C20H23F6N5O3/c1-2-3-11-31-12-15(29-16(31)17(32)27-10-4-9-19(21,22)23)30-18(33)28-13-5-7-14(8-6-13)34-20(24,25)26/h5-8,12H,2-4,9-11H2,1H3,(H,27,32)(H2,28,30,33). The summed E-state index contributed by atoms with van der Waals surface area (Å²) in [4.78, 5) is 28.6. The predicted octanol–water partition coefficient (Wildman–Crippen LogP) is 5.30. The van der Waals surface area contributed by atoms with Gasteiger partial charge >= 0.3 is 18.6 Å². The number of rotatable bonds is 10. The minimum atomic E-state index is -4.84. The summed E-state index contributed by atoms with van der Waals surface area (Å²) in [5.41, 5.74) is 0.167. The first-order chi connectivity index (χ1) is 15.9. The second-order valence-corrected chi connectivity index (χ2v) is 7.12. The molecule has 0 aliphatic carbocycles. The van der Waals surface area contributed by atoms with E-state index in [9.17, 15) is 35.9 Å². The van der Waals surface area contributed by atoms with Gasteiger partial charge in [-0.15, -0.1) is 13.2 Å². The topological polar surface area (TPSA) is 97.3 Å². The molecule has 8 nitrogen and oxygen atoms in total. The largest absolute Gasteiger partial charge is 0.573 e. The molecule has 1 aromatic carbocycles. The average molecular weight is 495 g/mol. The summed E-state index contributed by atoms with van der Waals surface area (Å²) in [6.07, 6.45) is -7.60. The number of aromatic nitrogens is 2. The molecule has 0 bridgehead atoms. The van der Waals surface area contributed by atoms with Crippen molar-refractivity contribution in [3.63, 3.8) is 0 Å². The van der Waals surface area contributed by atoms with E-state index in [0.29, 0.717) is 13.0 Å². The lowest BCUT2D eigenvalue weighted by molar-refractivity contribution is -0.274. The van der Waals surface area contributed by atoms with Crippen LogP contribution < -0.4 is 20.7 Å². The third-order valence-electron chi connectivity index (χ3n) is 4.24. The van der Waals surface area contributed by atoms with Gasteiger partial charge in [0.2, 0.25) is 5.82 Å². The molecule has 2 rings (SSSR count). The van der Waals surface area contributed by atoms with Crippen LogP contribution in [0.25, 0.3) is 0 Å². The van der Waals surface area contributed by atoms with Crippen molar-refractivity contribution in [3.8, 4) is 5.75 Å². The summed E-state index contributed by atoms with van der Waals surface area (Å²) < 4.78 is 78.6. The van der Waals surface area contributed by atoms with Crippen molar-refractivity contribution in [1.82, 2.24) is 14.9 Å². The minimum Gasteiger partial charge on any atom is -0.406 e. The van der Waals surface area contributed by atoms with Gasteiger partial charge in [0.15, 0.2) is 5.82 Å². The Balaban J connectivity index is 1.99. The minimum absolute atomic E-state index is 0.00562. The monoisotopic (exact) mass is 495 g/mol. The molecule has 1 heterocycles. The molecular weight excluding hydrogens is 472 g/mol. The summed E-state index contributed by atoms with van der Waals surface area (Å²) in [7, 11) is 0. The third kappa shape index (κ3) is 9.58. The Kier molecular flexibility index (Phi) is 9.15. The number of aryl methyl sites for hydroxylation is 1. The highest BCUT2D eigenvalue weighted by molar-refractivity contribution is 5.99. The molecule has 2 aromatic rings. The number of imidazole rings is 1. The Labute approximate surface area is 190 Å². The van der Waals surface area contributed by atoms with Crippen molar-refractivity contribution in [3.05, 3.63) is 36.3 Å². The van der Waals surface area contributed by atoms with E-state index in [4.69, 9.17) is 0 Å². The summed E-state index contributed by atoms with van der Waals surface area (Å²) in [5, 5.41) is 7.17. The van der Waals surface area contributed by atoms with Crippen molar-refractivity contribution in [1.29, 1.82) is 0 Å². The highest BCUT2D eigenvalue weighted by Gasteiger charge is 2.31. The lowest BCUT2D eigenvalue weighted by atomic mass is 10.3. The van der Waals surface area contributed by atoms with Gasteiger partial charge < -0.3 is 19.9 Å². The van der Waals surface area contributed by atoms with Gasteiger partial charge in [-0.3, -0.25) is 10.1 Å². The molecule has 14 heteroatoms. The average Bonchev–Trinajstić information content (AvgIpc) is 3.11. The van der Waals surface area contributed by atoms with Gasteiger partial charge in [-0.2, -0.15) is 13.2 Å². The number of nitrogens with zero attached hydrogens (tertiary/aromatic N) is 2. The molecule has 0 radical (unpaired) electrons. The number of halogens is 6. The van der Waals surface area contributed by atoms with E-state index in [0.717, 1.165) is 18.6 Å². The molecule has 0 saturated carbocycles. The third-order valence-corrected chi connectivity index (χ3v) is 4.24. The summed E-state index contributed by atoms with van der Waals surface area (Å²) in [6, 6.07) is 3.65. The quantitative estimate of drug-likeness (QED) is 0.308. The summed E-state index contributed by atoms with van der Waals surface area (Å²) >= 11 is 0. The Morgan fingerprint density at radius 2 is 1.71 bits per heavy atom. The molecule has 0 saturated heterocycles. The zero-order valence-corrected chi connectivity index (χ0v) is 18.0. The van der Waals surface area contributed by atoms with Crippen LogP contribution in [0.4, 0.5) is 42.6 Å². The van der Waals surface area contributed by atoms with Crippen molar-refractivity contribution in [2.75, 3.05) is 17.2 Å². The smallest absolute Gasteiger partial charge is 0.406 e. The van der Waals surface area contributed by atoms with Gasteiger partial charge in [0.1, 0.15) is 5.75 Å². The number of unbranched alkanes of at least 4 members (excludes halogenated alkanes) is 1. The fourth-order valence-corrected chi connectivity index (χ4v) is 2.74. The molecule has 3 N–H and O–H groups in total. The van der Waals surface area contributed by atoms with Gasteiger partial charge in [0.25, 0.3) is 5.91 Å². The number of carbonyl (C=O) groups is 2. The second kappa shape index (κ2) is 11.6. The molecule has 0 spiro atoms. The highest BCUT2D eigenvalue weighted by atomic mass is 19.4. The Morgan fingerprint density at radius 1 is 1.03 bits per heavy atom. The fourth-order valence-electron chi connectivity index (χ4n) is 2.74. The van der Waals surface area contributed by atoms with Crippen LogP contribution in [0, 0.1) is 0 Å². The Morgan fingerprint density at radius 3 is 2.29 bits per heavy atom. The molecule has 1 aromatic heterocycles. The van der Waals surface area contributed by atoms with E-state index in [1.165, 1.54) is 22.9 Å². The first kappa shape index (κ1) is 26.8. The molecule has 0 aliphatic rings. The normalized spacial score (nSPS) is 11.7. The van der Waals surface area contributed by atoms with E-state index in [-0.39, 0.29) is 30.3 Å². The first-order valence-electron chi connectivity index (χ1n) is 10.2. The van der Waals surface area contributed by atoms with E-state index in [1.807, 2.05) is 6.92 Å². The lowest BCUT2D eigenvalue weighted by Gasteiger charge is -2.10. The van der Waals surface area contributed by atoms with E-state index in [2.05, 4.69) is 25.7 Å². The lowest BCUT2D eigenvalue weighted by Crippen LogP contribution is -2.28. The van der Waals surface area contributed by atoms with Gasteiger partial charge in [-0.05, 0) is 37.1 Å². The van der Waals surface area contributed by atoms with Crippen LogP contribution in [0.2, 0.25) is 0 Å². The van der Waals surface area contributed by atoms with Crippen molar-refractivity contribution in [2.45, 2.75) is 51.7 Å². The maximum Gasteiger partial charge on any atom is 0.573 e. The van der Waals surface area contributed by atoms with Gasteiger partial charge in [-0.25, -0.2) is 9.78 Å². The Bertz CT molecular complexity index is 957. The highest BCUT2D eigenvalue weighted by Crippen LogP contribution is 2.24. The molecule has 0 unspecified atom stereocenters. The number of benzene rings is 1. The summed E-state index contributed by atoms with van der Waals surface area (Å²) in [5.74, 6) is -1.22. The first-order valence-corrected chi connectivity index (χ1v) is 10.2. The number of hydrogen-bond donors (Lipinski definition) is 3. The van der Waals surface area contributed by atoms with Crippen LogP contribution in [0.3, 0.4) is 0 Å². The number of alkyl halides is 6. The van der Waals surface area contributed by atoms with Crippen LogP contribution >= 0.6 is 0 Å². The molecule has 34 heavy (non-hydrogen) atoms. The molecule has 0 atom stereocenters. The van der Waals surface area contributed by atoms with Crippen LogP contribution in [0.1, 0.15) is 43.2 Å². The Hall–Kier alpha value is -3.45. The van der Waals surface area contributed by atoms with Crippen molar-refractivity contribution < 1.29 is 40.7 Å². The van der Waals surface area contributed by atoms with Gasteiger partial charge in [0.05, 0.1) is 0 Å². The molecule has 188 valence electrons. The van der Waals surface area contributed by atoms with Crippen LogP contribution in [-0.4, -0.2) is 40.6 Å². The van der Waals surface area contributed by atoms with Crippen LogP contribution in [0.5, 0.6) is 5.75 Å². The number of nitrogens with one attached hydrogen (secondary N) is 3. The number of ether oxygens (including phenoxy) is 1. The zero-order valence-electron chi connectivity index (χ0n) is 18.0. The van der Waals surface area contributed by atoms with E-state index in [1.54, 1.807) is 0 Å². The van der Waals surface area contributed by atoms with Crippen LogP contribution in [0.15, 0.2) is 30.5 Å². The predicted molar refractivity (Wildman–Crippen MR) is 111 cm³/mol. The molecule has 0 aliphatic heterocycles. The molecule has 0 fully saturated rings. The van der Waals surface area contributed by atoms with E-state index < -0.39 is 36.6 Å². The van der Waals surface area contributed by atoms with E-state index >= 15 is 0 Å². The molecule has 3 amide bonds. The van der Waals surface area contributed by atoms with Gasteiger partial charge in [-0.1, -0.05) is 13.3 Å². The second-order valence-electron chi connectivity index (χ2n) is 7.12. The number of anilines is 2. The van der Waals surface area contributed by atoms with Crippen LogP contribution in [-0.2, 0) is 6.54 Å². The maximum atomic E-state index is 12.4. The van der Waals surface area contributed by atoms with Gasteiger partial charge in [0, 0.05) is 31.4 Å². The summed E-state index contributed by atoms with van der Waals surface area (Å²) in [6.45, 7) is 2.11. The fraction of sp³-hybridized carbons (Fsp3) is 0.450. The SMILES string of the molecule is CCCCn1cc(NC(=O)Nc2ccc(OC(F)(F)F)cc2)nc1C(=O)NCCCC(F)(F)F. The maximum absolute atomic E-state index is 12.4. The number of amides is 3. The van der Waals surface area contributed by atoms with Crippen molar-refractivity contribution >= 4 is 23.4 Å². The zero-order chi connectivity index (χ0) is 25.4. The number of hydrogen-bond acceptors (Lipinski definition) is 4. The number of urea groups is 1. The molecular formula is C20H23F6N5O3. The number of carbonyl (C=O) groups excluding carboxylic acids is 2.